The average Bonchev–Trinajstić information content (AvgIpc) is 2.35. The van der Waals surface area contributed by atoms with E-state index in [1.807, 2.05) is 31.2 Å². The molecule has 0 unspecified atom stereocenters. The average molecular weight is 230 g/mol. The van der Waals surface area contributed by atoms with E-state index in [-0.39, 0.29) is 5.56 Å². The third-order valence-corrected chi connectivity index (χ3v) is 2.78. The first-order valence-electron chi connectivity index (χ1n) is 5.34. The van der Waals surface area contributed by atoms with Crippen LogP contribution in [-0.2, 0) is 0 Å². The van der Waals surface area contributed by atoms with Gasteiger partial charge in [-0.15, -0.1) is 0 Å². The van der Waals surface area contributed by atoms with Crippen molar-refractivity contribution >= 4 is 0 Å². The zero-order chi connectivity index (χ0) is 12.4. The van der Waals surface area contributed by atoms with Crippen LogP contribution < -0.4 is 10.3 Å². The molecule has 88 valence electrons. The van der Waals surface area contributed by atoms with Crippen LogP contribution in [0, 0.1) is 13.8 Å². The second-order valence-electron chi connectivity index (χ2n) is 3.87. The Morgan fingerprint density at radius 3 is 2.41 bits per heavy atom. The van der Waals surface area contributed by atoms with Gasteiger partial charge in [-0.25, -0.2) is 5.10 Å². The van der Waals surface area contributed by atoms with Gasteiger partial charge < -0.3 is 4.74 Å². The van der Waals surface area contributed by atoms with Crippen molar-refractivity contribution < 1.29 is 4.74 Å². The summed E-state index contributed by atoms with van der Waals surface area (Å²) in [6.45, 7) is 3.68. The predicted molar refractivity (Wildman–Crippen MR) is 66.3 cm³/mol. The Morgan fingerprint density at radius 1 is 1.18 bits per heavy atom. The third kappa shape index (κ3) is 2.06. The normalized spacial score (nSPS) is 10.3. The first-order valence-corrected chi connectivity index (χ1v) is 5.34. The molecule has 0 aliphatic rings. The standard InChI is InChI=1S/C13H14N2O2/c1-8-12(9(2)14-15-13(8)16)10-4-6-11(17-3)7-5-10/h4-7H,1-3H3,(H,15,16). The molecule has 1 N–H and O–H groups in total. The molecule has 17 heavy (non-hydrogen) atoms. The topological polar surface area (TPSA) is 55.0 Å². The van der Waals surface area contributed by atoms with Crippen LogP contribution in [0.2, 0.25) is 0 Å². The summed E-state index contributed by atoms with van der Waals surface area (Å²) < 4.78 is 5.11. The Bertz CT molecular complexity index is 585. The number of H-pyrrole nitrogens is 1. The summed E-state index contributed by atoms with van der Waals surface area (Å²) in [6.07, 6.45) is 0. The van der Waals surface area contributed by atoms with Crippen LogP contribution in [0.5, 0.6) is 5.75 Å². The largest absolute Gasteiger partial charge is 0.497 e. The van der Waals surface area contributed by atoms with E-state index >= 15 is 0 Å². The molecule has 0 bridgehead atoms. The fourth-order valence-electron chi connectivity index (χ4n) is 1.84. The van der Waals surface area contributed by atoms with E-state index in [1.54, 1.807) is 14.0 Å². The number of ether oxygens (including phenoxy) is 1. The molecule has 1 aromatic carbocycles. The first kappa shape index (κ1) is 11.4. The Hall–Kier alpha value is -2.10. The van der Waals surface area contributed by atoms with Gasteiger partial charge in [-0.1, -0.05) is 12.1 Å². The highest BCUT2D eigenvalue weighted by molar-refractivity contribution is 5.69. The first-order chi connectivity index (χ1) is 8.13. The summed E-state index contributed by atoms with van der Waals surface area (Å²) in [7, 11) is 1.63. The molecule has 4 heteroatoms. The summed E-state index contributed by atoms with van der Waals surface area (Å²) >= 11 is 0. The SMILES string of the molecule is COc1ccc(-c2c(C)n[nH]c(=O)c2C)cc1. The Labute approximate surface area is 99.3 Å². The summed E-state index contributed by atoms with van der Waals surface area (Å²) in [5.74, 6) is 0.793. The van der Waals surface area contributed by atoms with Crippen molar-refractivity contribution in [1.29, 1.82) is 0 Å². The highest BCUT2D eigenvalue weighted by Gasteiger charge is 2.09. The monoisotopic (exact) mass is 230 g/mol. The molecule has 0 saturated carbocycles. The van der Waals surface area contributed by atoms with Crippen molar-refractivity contribution in [3.05, 3.63) is 45.9 Å². The van der Waals surface area contributed by atoms with Gasteiger partial charge in [0, 0.05) is 11.1 Å². The van der Waals surface area contributed by atoms with E-state index in [0.717, 1.165) is 22.6 Å². The number of methoxy groups -OCH3 is 1. The van der Waals surface area contributed by atoms with Gasteiger partial charge in [-0.3, -0.25) is 4.79 Å². The highest BCUT2D eigenvalue weighted by atomic mass is 16.5. The van der Waals surface area contributed by atoms with Crippen molar-refractivity contribution in [3.8, 4) is 16.9 Å². The zero-order valence-corrected chi connectivity index (χ0v) is 10.1. The minimum Gasteiger partial charge on any atom is -0.497 e. The van der Waals surface area contributed by atoms with Gasteiger partial charge in [0.1, 0.15) is 5.75 Å². The summed E-state index contributed by atoms with van der Waals surface area (Å²) in [6, 6.07) is 7.59. The lowest BCUT2D eigenvalue weighted by Gasteiger charge is -2.08. The number of aromatic nitrogens is 2. The molecular formula is C13H14N2O2. The van der Waals surface area contributed by atoms with E-state index in [4.69, 9.17) is 4.74 Å². The molecule has 2 aromatic rings. The van der Waals surface area contributed by atoms with Crippen LogP contribution in [0.1, 0.15) is 11.3 Å². The van der Waals surface area contributed by atoms with Gasteiger partial charge in [0.2, 0.25) is 0 Å². The van der Waals surface area contributed by atoms with Crippen molar-refractivity contribution in [2.75, 3.05) is 7.11 Å². The number of aromatic amines is 1. The number of nitrogens with one attached hydrogen (secondary N) is 1. The van der Waals surface area contributed by atoms with E-state index in [9.17, 15) is 4.79 Å². The highest BCUT2D eigenvalue weighted by Crippen LogP contribution is 2.25. The lowest BCUT2D eigenvalue weighted by Crippen LogP contribution is -2.14. The lowest BCUT2D eigenvalue weighted by atomic mass is 10.0. The molecule has 2 rings (SSSR count). The molecular weight excluding hydrogens is 216 g/mol. The zero-order valence-electron chi connectivity index (χ0n) is 10.1. The Morgan fingerprint density at radius 2 is 1.82 bits per heavy atom. The summed E-state index contributed by atoms with van der Waals surface area (Å²) in [5.41, 5.74) is 3.20. The quantitative estimate of drug-likeness (QED) is 0.859. The minimum atomic E-state index is -0.151. The minimum absolute atomic E-state index is 0.151. The fourth-order valence-corrected chi connectivity index (χ4v) is 1.84. The molecule has 0 radical (unpaired) electrons. The fraction of sp³-hybridized carbons (Fsp3) is 0.231. The molecule has 0 fully saturated rings. The third-order valence-electron chi connectivity index (χ3n) is 2.78. The number of benzene rings is 1. The number of nitrogens with zero attached hydrogens (tertiary/aromatic N) is 1. The van der Waals surface area contributed by atoms with Crippen LogP contribution in [0.25, 0.3) is 11.1 Å². The van der Waals surface area contributed by atoms with Gasteiger partial charge in [0.25, 0.3) is 5.56 Å². The molecule has 4 nitrogen and oxygen atoms in total. The molecule has 1 aromatic heterocycles. The maximum atomic E-state index is 11.5. The van der Waals surface area contributed by atoms with Crippen LogP contribution in [0.3, 0.4) is 0 Å². The number of hydrogen-bond acceptors (Lipinski definition) is 3. The second-order valence-corrected chi connectivity index (χ2v) is 3.87. The van der Waals surface area contributed by atoms with Gasteiger partial charge in [-0.2, -0.15) is 5.10 Å². The van der Waals surface area contributed by atoms with Crippen molar-refractivity contribution in [3.63, 3.8) is 0 Å². The predicted octanol–water partition coefficient (Wildman–Crippen LogP) is 2.06. The van der Waals surface area contributed by atoms with Crippen LogP contribution in [0.15, 0.2) is 29.1 Å². The van der Waals surface area contributed by atoms with Crippen molar-refractivity contribution in [2.45, 2.75) is 13.8 Å². The van der Waals surface area contributed by atoms with Gasteiger partial charge in [0.15, 0.2) is 0 Å². The van der Waals surface area contributed by atoms with Gasteiger partial charge in [-0.05, 0) is 31.5 Å². The molecule has 1 heterocycles. The lowest BCUT2D eigenvalue weighted by molar-refractivity contribution is 0.415. The number of hydrogen-bond donors (Lipinski definition) is 1. The van der Waals surface area contributed by atoms with Crippen LogP contribution in [-0.4, -0.2) is 17.3 Å². The maximum Gasteiger partial charge on any atom is 0.267 e. The van der Waals surface area contributed by atoms with E-state index in [0.29, 0.717) is 5.56 Å². The number of aryl methyl sites for hydroxylation is 1. The van der Waals surface area contributed by atoms with Crippen LogP contribution >= 0.6 is 0 Å². The van der Waals surface area contributed by atoms with Crippen molar-refractivity contribution in [2.24, 2.45) is 0 Å². The summed E-state index contributed by atoms with van der Waals surface area (Å²) in [4.78, 5) is 11.5. The van der Waals surface area contributed by atoms with E-state index in [2.05, 4.69) is 10.2 Å². The number of rotatable bonds is 2. The van der Waals surface area contributed by atoms with Crippen LogP contribution in [0.4, 0.5) is 0 Å². The molecule has 0 saturated heterocycles. The molecule has 0 atom stereocenters. The smallest absolute Gasteiger partial charge is 0.267 e. The van der Waals surface area contributed by atoms with Gasteiger partial charge >= 0.3 is 0 Å². The second kappa shape index (κ2) is 4.41. The molecule has 0 aliphatic heterocycles. The Balaban J connectivity index is 2.59. The molecule has 0 spiro atoms. The van der Waals surface area contributed by atoms with E-state index < -0.39 is 0 Å². The van der Waals surface area contributed by atoms with E-state index in [1.165, 1.54) is 0 Å². The Kier molecular flexibility index (Phi) is 2.95. The molecule has 0 amide bonds. The maximum absolute atomic E-state index is 11.5. The molecule has 0 aliphatic carbocycles. The van der Waals surface area contributed by atoms with Gasteiger partial charge in [0.05, 0.1) is 12.8 Å². The summed E-state index contributed by atoms with van der Waals surface area (Å²) in [5, 5.41) is 6.46. The van der Waals surface area contributed by atoms with Crippen molar-refractivity contribution in [1.82, 2.24) is 10.2 Å².